The molecule has 0 fully saturated rings. The highest BCUT2D eigenvalue weighted by Crippen LogP contribution is 2.30. The molecule has 2 heterocycles. The Kier molecular flexibility index (Phi) is 8.38. The van der Waals surface area contributed by atoms with E-state index in [2.05, 4.69) is 22.1 Å². The van der Waals surface area contributed by atoms with Crippen LogP contribution >= 0.6 is 23.4 Å². The minimum atomic E-state index is -0.572. The summed E-state index contributed by atoms with van der Waals surface area (Å²) in [5, 5.41) is 11.8. The van der Waals surface area contributed by atoms with Gasteiger partial charge in [-0.3, -0.25) is 18.8 Å². The molecule has 12 heteroatoms. The molecular weight excluding hydrogens is 531 g/mol. The summed E-state index contributed by atoms with van der Waals surface area (Å²) in [6, 6.07) is 13.1. The lowest BCUT2D eigenvalue weighted by atomic mass is 10.3. The van der Waals surface area contributed by atoms with Gasteiger partial charge in [-0.1, -0.05) is 47.6 Å². The van der Waals surface area contributed by atoms with E-state index >= 15 is 0 Å². The fraction of sp³-hybridized carbons (Fsp3) is 0.231. The molecule has 1 N–H and O–H groups in total. The van der Waals surface area contributed by atoms with Gasteiger partial charge in [0.15, 0.2) is 17.1 Å². The van der Waals surface area contributed by atoms with Gasteiger partial charge in [-0.15, -0.1) is 16.8 Å². The first-order valence-electron chi connectivity index (χ1n) is 11.6. The number of amides is 1. The molecule has 198 valence electrons. The number of aromatic nitrogens is 5. The number of halogens is 2. The van der Waals surface area contributed by atoms with Crippen molar-refractivity contribution in [2.45, 2.75) is 31.7 Å². The maximum atomic E-state index is 13.4. The van der Waals surface area contributed by atoms with Crippen molar-refractivity contribution in [3.05, 3.63) is 93.9 Å². The third-order valence-electron chi connectivity index (χ3n) is 5.77. The van der Waals surface area contributed by atoms with Crippen molar-refractivity contribution in [3.8, 4) is 11.4 Å². The van der Waals surface area contributed by atoms with Crippen LogP contribution in [0.25, 0.3) is 5.69 Å². The van der Waals surface area contributed by atoms with Gasteiger partial charge in [0.1, 0.15) is 17.3 Å². The second-order valence-corrected chi connectivity index (χ2v) is 9.70. The molecule has 1 amide bonds. The van der Waals surface area contributed by atoms with Gasteiger partial charge in [0, 0.05) is 13.6 Å². The topological polar surface area (TPSA) is 96.0 Å². The summed E-state index contributed by atoms with van der Waals surface area (Å²) in [5.41, 5.74) is 1.21. The van der Waals surface area contributed by atoms with Gasteiger partial charge in [-0.25, -0.2) is 9.07 Å². The van der Waals surface area contributed by atoms with Crippen molar-refractivity contribution in [3.63, 3.8) is 0 Å². The van der Waals surface area contributed by atoms with Crippen molar-refractivity contribution in [2.24, 2.45) is 7.05 Å². The lowest BCUT2D eigenvalue weighted by Crippen LogP contribution is -2.23. The molecule has 9 nitrogen and oxygen atoms in total. The Labute approximate surface area is 227 Å². The Balaban J connectivity index is 1.48. The van der Waals surface area contributed by atoms with Crippen LogP contribution in [-0.2, 0) is 18.4 Å². The van der Waals surface area contributed by atoms with Crippen LogP contribution in [0.1, 0.15) is 24.5 Å². The van der Waals surface area contributed by atoms with Crippen molar-refractivity contribution >= 4 is 35.0 Å². The number of benzene rings is 2. The van der Waals surface area contributed by atoms with Gasteiger partial charge in [0.2, 0.25) is 5.91 Å². The van der Waals surface area contributed by atoms with E-state index in [-0.39, 0.29) is 27.9 Å². The van der Waals surface area contributed by atoms with E-state index in [4.69, 9.17) is 16.3 Å². The number of carbonyl (C=O) groups excluding carboxylic acids is 1. The van der Waals surface area contributed by atoms with Gasteiger partial charge in [-0.2, -0.15) is 0 Å². The first-order chi connectivity index (χ1) is 18.2. The summed E-state index contributed by atoms with van der Waals surface area (Å²) < 4.78 is 24.2. The molecule has 0 saturated carbocycles. The highest BCUT2D eigenvalue weighted by molar-refractivity contribution is 7.99. The van der Waals surface area contributed by atoms with E-state index in [1.807, 2.05) is 30.3 Å². The number of thioether (sulfide) groups is 1. The summed E-state index contributed by atoms with van der Waals surface area (Å²) in [6.07, 6.45) is 1.10. The molecule has 4 aromatic rings. The summed E-state index contributed by atoms with van der Waals surface area (Å²) in [5.74, 6) is -0.0444. The van der Waals surface area contributed by atoms with Crippen LogP contribution in [-0.4, -0.2) is 35.8 Å². The van der Waals surface area contributed by atoms with Crippen LogP contribution in [0.3, 0.4) is 0 Å². The van der Waals surface area contributed by atoms with Crippen molar-refractivity contribution in [1.82, 2.24) is 24.1 Å². The SMILES string of the molecule is C=CCn1c(SCC(=O)Nc2c(C)n(C)n(-c3ccccc3)c2=O)nnc1C(C)Oc1ccc(F)cc1Cl. The zero-order chi connectivity index (χ0) is 27.4. The zero-order valence-corrected chi connectivity index (χ0v) is 22.6. The second kappa shape index (κ2) is 11.7. The predicted molar refractivity (Wildman–Crippen MR) is 146 cm³/mol. The Morgan fingerprint density at radius 1 is 1.26 bits per heavy atom. The van der Waals surface area contributed by atoms with Gasteiger partial charge in [0.05, 0.1) is 22.2 Å². The molecule has 0 bridgehead atoms. The lowest BCUT2D eigenvalue weighted by Gasteiger charge is -2.16. The number of carbonyl (C=O) groups is 1. The lowest BCUT2D eigenvalue weighted by molar-refractivity contribution is -0.113. The normalized spacial score (nSPS) is 11.8. The Morgan fingerprint density at radius 3 is 2.68 bits per heavy atom. The highest BCUT2D eigenvalue weighted by atomic mass is 35.5. The minimum absolute atomic E-state index is 0.00653. The Hall–Kier alpha value is -3.83. The van der Waals surface area contributed by atoms with Crippen molar-refractivity contribution in [1.29, 1.82) is 0 Å². The van der Waals surface area contributed by atoms with Crippen LogP contribution in [0, 0.1) is 12.7 Å². The fourth-order valence-corrected chi connectivity index (χ4v) is 4.81. The molecular formula is C26H26ClFN6O3S. The maximum absolute atomic E-state index is 13.4. The van der Waals surface area contributed by atoms with Gasteiger partial charge in [-0.05, 0) is 44.2 Å². The molecule has 0 saturated heterocycles. The Bertz CT molecular complexity index is 1530. The van der Waals surface area contributed by atoms with E-state index in [0.29, 0.717) is 34.7 Å². The van der Waals surface area contributed by atoms with Crippen LogP contribution in [0.5, 0.6) is 5.75 Å². The first-order valence-corrected chi connectivity index (χ1v) is 13.0. The summed E-state index contributed by atoms with van der Waals surface area (Å²) in [6.45, 7) is 7.69. The van der Waals surface area contributed by atoms with E-state index in [9.17, 15) is 14.0 Å². The van der Waals surface area contributed by atoms with Crippen molar-refractivity contribution in [2.75, 3.05) is 11.1 Å². The maximum Gasteiger partial charge on any atom is 0.295 e. The van der Waals surface area contributed by atoms with Crippen molar-refractivity contribution < 1.29 is 13.9 Å². The van der Waals surface area contributed by atoms with Crippen LogP contribution < -0.4 is 15.6 Å². The molecule has 0 aliphatic rings. The standard InChI is InChI=1S/C26H26ClFN6O3S/c1-5-13-33-24(17(3)37-21-12-11-18(28)14-20(21)27)30-31-26(33)38-15-22(35)29-23-16(2)32(4)34(25(23)36)19-9-7-6-8-10-19/h5-12,14,17H,1,13,15H2,2-4H3,(H,29,35). The molecule has 1 unspecified atom stereocenters. The van der Waals surface area contributed by atoms with Crippen LogP contribution in [0.4, 0.5) is 10.1 Å². The summed E-state index contributed by atoms with van der Waals surface area (Å²) in [7, 11) is 1.76. The zero-order valence-electron chi connectivity index (χ0n) is 21.0. The number of allylic oxidation sites excluding steroid dienone is 1. The third kappa shape index (κ3) is 5.68. The third-order valence-corrected chi connectivity index (χ3v) is 7.03. The van der Waals surface area contributed by atoms with E-state index in [1.165, 1.54) is 34.6 Å². The number of para-hydroxylation sites is 1. The highest BCUT2D eigenvalue weighted by Gasteiger charge is 2.22. The molecule has 0 aliphatic carbocycles. The number of hydrogen-bond donors (Lipinski definition) is 1. The first kappa shape index (κ1) is 27.2. The number of rotatable bonds is 10. The van der Waals surface area contributed by atoms with Gasteiger partial charge >= 0.3 is 0 Å². The van der Waals surface area contributed by atoms with Gasteiger partial charge < -0.3 is 10.1 Å². The number of nitrogens with zero attached hydrogens (tertiary/aromatic N) is 5. The minimum Gasteiger partial charge on any atom is -0.481 e. The number of anilines is 1. The average molecular weight is 557 g/mol. The molecule has 38 heavy (non-hydrogen) atoms. The second-order valence-electron chi connectivity index (χ2n) is 8.35. The number of nitrogens with one attached hydrogen (secondary N) is 1. The molecule has 0 spiro atoms. The molecule has 0 radical (unpaired) electrons. The monoisotopic (exact) mass is 556 g/mol. The molecule has 2 aromatic carbocycles. The summed E-state index contributed by atoms with van der Waals surface area (Å²) >= 11 is 7.25. The predicted octanol–water partition coefficient (Wildman–Crippen LogP) is 4.93. The van der Waals surface area contributed by atoms with Crippen LogP contribution in [0.2, 0.25) is 5.02 Å². The molecule has 4 rings (SSSR count). The summed E-state index contributed by atoms with van der Waals surface area (Å²) in [4.78, 5) is 25.9. The van der Waals surface area contributed by atoms with E-state index in [0.717, 1.165) is 0 Å². The fourth-order valence-electron chi connectivity index (χ4n) is 3.84. The average Bonchev–Trinajstić information content (AvgIpc) is 3.39. The number of hydrogen-bond acceptors (Lipinski definition) is 6. The van der Waals surface area contributed by atoms with Gasteiger partial charge in [0.25, 0.3) is 5.56 Å². The smallest absolute Gasteiger partial charge is 0.295 e. The van der Waals surface area contributed by atoms with E-state index in [1.54, 1.807) is 36.2 Å². The molecule has 2 aromatic heterocycles. The molecule has 0 aliphatic heterocycles. The Morgan fingerprint density at radius 2 is 2.00 bits per heavy atom. The largest absolute Gasteiger partial charge is 0.481 e. The molecule has 1 atom stereocenters. The van der Waals surface area contributed by atoms with Crippen LogP contribution in [0.15, 0.2) is 71.1 Å². The van der Waals surface area contributed by atoms with E-state index < -0.39 is 11.9 Å². The number of ether oxygens (including phenoxy) is 1. The quantitative estimate of drug-likeness (QED) is 0.220.